The minimum absolute atomic E-state index is 0.177. The highest BCUT2D eigenvalue weighted by Gasteiger charge is 2.11. The SMILES string of the molecule is CC(O)C(=O)OCCCCC(N)C(=O)O. The molecule has 6 heteroatoms. The number of nitrogens with two attached hydrogens (primary N) is 1. The number of carboxylic acid groups (broad SMARTS) is 1. The van der Waals surface area contributed by atoms with Crippen molar-refractivity contribution in [3.63, 3.8) is 0 Å². The maximum absolute atomic E-state index is 10.8. The summed E-state index contributed by atoms with van der Waals surface area (Å²) in [6.07, 6.45) is 0.341. The van der Waals surface area contributed by atoms with Gasteiger partial charge in [-0.3, -0.25) is 4.79 Å². The number of unbranched alkanes of at least 4 members (excludes halogenated alkanes) is 1. The highest BCUT2D eigenvalue weighted by Crippen LogP contribution is 2.00. The van der Waals surface area contributed by atoms with Gasteiger partial charge in [-0.25, -0.2) is 4.79 Å². The van der Waals surface area contributed by atoms with Crippen LogP contribution in [0.3, 0.4) is 0 Å². The molecule has 0 heterocycles. The predicted octanol–water partition coefficient (Wildman–Crippen LogP) is -0.507. The number of aliphatic hydroxyl groups is 1. The van der Waals surface area contributed by atoms with Gasteiger partial charge in [0.2, 0.25) is 0 Å². The van der Waals surface area contributed by atoms with Crippen LogP contribution in [0.1, 0.15) is 26.2 Å². The van der Waals surface area contributed by atoms with E-state index in [9.17, 15) is 9.59 Å². The Balaban J connectivity index is 3.40. The Morgan fingerprint density at radius 3 is 2.47 bits per heavy atom. The van der Waals surface area contributed by atoms with E-state index in [4.69, 9.17) is 15.9 Å². The number of esters is 1. The fourth-order valence-corrected chi connectivity index (χ4v) is 0.883. The second kappa shape index (κ2) is 7.19. The molecule has 0 saturated heterocycles. The monoisotopic (exact) mass is 219 g/mol. The van der Waals surface area contributed by atoms with E-state index < -0.39 is 24.1 Å². The van der Waals surface area contributed by atoms with E-state index in [2.05, 4.69) is 4.74 Å². The second-order valence-corrected chi connectivity index (χ2v) is 3.28. The number of rotatable bonds is 7. The van der Waals surface area contributed by atoms with Gasteiger partial charge >= 0.3 is 11.9 Å². The van der Waals surface area contributed by atoms with E-state index in [1.54, 1.807) is 0 Å². The molecule has 4 N–H and O–H groups in total. The van der Waals surface area contributed by atoms with E-state index in [1.165, 1.54) is 6.92 Å². The quantitative estimate of drug-likeness (QED) is 0.393. The first-order valence-corrected chi connectivity index (χ1v) is 4.78. The molecule has 0 bridgehead atoms. The molecular formula is C9H17NO5. The van der Waals surface area contributed by atoms with Crippen LogP contribution in [0.2, 0.25) is 0 Å². The number of carboxylic acids is 1. The minimum Gasteiger partial charge on any atom is -0.480 e. The number of aliphatic hydroxyl groups excluding tert-OH is 1. The maximum Gasteiger partial charge on any atom is 0.334 e. The first kappa shape index (κ1) is 13.9. The fraction of sp³-hybridized carbons (Fsp3) is 0.778. The molecule has 2 atom stereocenters. The lowest BCUT2D eigenvalue weighted by Gasteiger charge is -2.07. The summed E-state index contributed by atoms with van der Waals surface area (Å²) in [5.74, 6) is -1.70. The molecule has 0 aromatic rings. The van der Waals surface area contributed by atoms with Crippen LogP contribution >= 0.6 is 0 Å². The van der Waals surface area contributed by atoms with Crippen LogP contribution in [0.4, 0.5) is 0 Å². The number of carbonyl (C=O) groups excluding carboxylic acids is 1. The summed E-state index contributed by atoms with van der Waals surface area (Å²) in [6.45, 7) is 1.50. The van der Waals surface area contributed by atoms with Gasteiger partial charge < -0.3 is 20.7 Å². The van der Waals surface area contributed by atoms with Crippen LogP contribution in [0.25, 0.3) is 0 Å². The molecule has 6 nitrogen and oxygen atoms in total. The summed E-state index contributed by atoms with van der Waals surface area (Å²) in [6, 6.07) is -0.863. The molecule has 2 unspecified atom stereocenters. The molecule has 15 heavy (non-hydrogen) atoms. The Morgan fingerprint density at radius 2 is 2.00 bits per heavy atom. The van der Waals surface area contributed by atoms with Crippen molar-refractivity contribution in [2.45, 2.75) is 38.3 Å². The summed E-state index contributed by atoms with van der Waals surface area (Å²) < 4.78 is 4.67. The third-order valence-electron chi connectivity index (χ3n) is 1.81. The maximum atomic E-state index is 10.8. The molecular weight excluding hydrogens is 202 g/mol. The smallest absolute Gasteiger partial charge is 0.334 e. The summed E-state index contributed by atoms with van der Waals surface area (Å²) in [4.78, 5) is 21.1. The number of hydrogen-bond donors (Lipinski definition) is 3. The average molecular weight is 219 g/mol. The lowest BCUT2D eigenvalue weighted by atomic mass is 10.1. The lowest BCUT2D eigenvalue weighted by molar-refractivity contribution is -0.152. The van der Waals surface area contributed by atoms with Crippen LogP contribution in [-0.4, -0.2) is 40.9 Å². The van der Waals surface area contributed by atoms with Crippen LogP contribution in [0.5, 0.6) is 0 Å². The van der Waals surface area contributed by atoms with E-state index in [-0.39, 0.29) is 6.61 Å². The molecule has 0 radical (unpaired) electrons. The van der Waals surface area contributed by atoms with Gasteiger partial charge in [0.1, 0.15) is 12.1 Å². The largest absolute Gasteiger partial charge is 0.480 e. The summed E-state index contributed by atoms with van der Waals surface area (Å²) >= 11 is 0. The Morgan fingerprint density at radius 1 is 1.40 bits per heavy atom. The number of hydrogen-bond acceptors (Lipinski definition) is 5. The van der Waals surface area contributed by atoms with Gasteiger partial charge in [0.05, 0.1) is 6.61 Å². The molecule has 0 aliphatic rings. The normalized spacial score (nSPS) is 14.3. The topological polar surface area (TPSA) is 110 Å². The molecule has 0 fully saturated rings. The van der Waals surface area contributed by atoms with Crippen LogP contribution in [0.15, 0.2) is 0 Å². The predicted molar refractivity (Wildman–Crippen MR) is 52.1 cm³/mol. The van der Waals surface area contributed by atoms with Gasteiger partial charge in [0.25, 0.3) is 0 Å². The van der Waals surface area contributed by atoms with E-state index in [0.717, 1.165) is 0 Å². The highest BCUT2D eigenvalue weighted by atomic mass is 16.5. The lowest BCUT2D eigenvalue weighted by Crippen LogP contribution is -2.29. The third-order valence-corrected chi connectivity index (χ3v) is 1.81. The van der Waals surface area contributed by atoms with E-state index >= 15 is 0 Å². The van der Waals surface area contributed by atoms with E-state index in [0.29, 0.717) is 19.3 Å². The first-order valence-electron chi connectivity index (χ1n) is 4.78. The molecule has 0 aromatic heterocycles. The van der Waals surface area contributed by atoms with Crippen molar-refractivity contribution >= 4 is 11.9 Å². The zero-order valence-corrected chi connectivity index (χ0v) is 8.68. The van der Waals surface area contributed by atoms with Crippen molar-refractivity contribution in [3.05, 3.63) is 0 Å². The summed E-state index contributed by atoms with van der Waals surface area (Å²) in [5, 5.41) is 17.2. The number of aliphatic carboxylic acids is 1. The molecule has 0 aliphatic heterocycles. The van der Waals surface area contributed by atoms with Crippen molar-refractivity contribution in [2.75, 3.05) is 6.61 Å². The van der Waals surface area contributed by atoms with Gasteiger partial charge in [0, 0.05) is 0 Å². The Labute approximate surface area is 88.0 Å². The molecule has 0 aliphatic carbocycles. The third kappa shape index (κ3) is 6.87. The van der Waals surface area contributed by atoms with Crippen molar-refractivity contribution in [2.24, 2.45) is 5.73 Å². The van der Waals surface area contributed by atoms with Crippen molar-refractivity contribution in [1.29, 1.82) is 0 Å². The molecule has 0 amide bonds. The van der Waals surface area contributed by atoms with Gasteiger partial charge in [-0.05, 0) is 26.2 Å². The Kier molecular flexibility index (Phi) is 6.64. The highest BCUT2D eigenvalue weighted by molar-refractivity contribution is 5.73. The van der Waals surface area contributed by atoms with Crippen molar-refractivity contribution in [3.8, 4) is 0 Å². The Bertz CT molecular complexity index is 217. The molecule has 88 valence electrons. The number of carbonyl (C=O) groups is 2. The van der Waals surface area contributed by atoms with Crippen molar-refractivity contribution < 1.29 is 24.5 Å². The van der Waals surface area contributed by atoms with Crippen molar-refractivity contribution in [1.82, 2.24) is 0 Å². The zero-order valence-electron chi connectivity index (χ0n) is 8.68. The van der Waals surface area contributed by atoms with Crippen LogP contribution in [-0.2, 0) is 14.3 Å². The van der Waals surface area contributed by atoms with E-state index in [1.807, 2.05) is 0 Å². The van der Waals surface area contributed by atoms with Gasteiger partial charge in [-0.15, -0.1) is 0 Å². The average Bonchev–Trinajstić information content (AvgIpc) is 2.16. The Hall–Kier alpha value is -1.14. The minimum atomic E-state index is -1.12. The first-order chi connectivity index (χ1) is 6.95. The molecule has 0 saturated carbocycles. The number of ether oxygens (including phenoxy) is 1. The molecule has 0 rings (SSSR count). The van der Waals surface area contributed by atoms with Crippen LogP contribution in [0, 0.1) is 0 Å². The molecule has 0 spiro atoms. The van der Waals surface area contributed by atoms with Crippen LogP contribution < -0.4 is 5.73 Å². The zero-order chi connectivity index (χ0) is 11.8. The summed E-state index contributed by atoms with van der Waals surface area (Å²) in [5.41, 5.74) is 5.26. The van der Waals surface area contributed by atoms with Gasteiger partial charge in [-0.2, -0.15) is 0 Å². The second-order valence-electron chi connectivity index (χ2n) is 3.28. The summed E-state index contributed by atoms with van der Waals surface area (Å²) in [7, 11) is 0. The van der Waals surface area contributed by atoms with Gasteiger partial charge in [0.15, 0.2) is 0 Å². The standard InChI is InChI=1S/C9H17NO5/c1-6(11)9(14)15-5-3-2-4-7(10)8(12)13/h6-7,11H,2-5,10H2,1H3,(H,12,13). The molecule has 0 aromatic carbocycles. The van der Waals surface area contributed by atoms with Gasteiger partial charge in [-0.1, -0.05) is 0 Å². The fourth-order valence-electron chi connectivity index (χ4n) is 0.883.